The summed E-state index contributed by atoms with van der Waals surface area (Å²) in [5.74, 6) is 1.41. The van der Waals surface area contributed by atoms with E-state index in [-0.39, 0.29) is 5.91 Å². The Morgan fingerprint density at radius 2 is 2.13 bits per heavy atom. The van der Waals surface area contributed by atoms with Crippen LogP contribution in [0.2, 0.25) is 0 Å². The zero-order valence-electron chi connectivity index (χ0n) is 16.4. The first kappa shape index (κ1) is 18.3. The normalized spacial score (nSPS) is 14.0. The Kier molecular flexibility index (Phi) is 4.84. The number of hydrogen-bond acceptors (Lipinski definition) is 7. The van der Waals surface area contributed by atoms with Gasteiger partial charge in [-0.3, -0.25) is 9.78 Å². The number of likely N-dealkylation sites (tertiary alicyclic amines) is 1. The number of carbonyl (C=O) groups is 1. The molecule has 30 heavy (non-hydrogen) atoms. The van der Waals surface area contributed by atoms with Crippen molar-refractivity contribution in [2.24, 2.45) is 0 Å². The lowest BCUT2D eigenvalue weighted by Crippen LogP contribution is -2.27. The van der Waals surface area contributed by atoms with Gasteiger partial charge in [0.05, 0.1) is 11.8 Å². The lowest BCUT2D eigenvalue weighted by atomic mass is 10.2. The van der Waals surface area contributed by atoms with E-state index in [4.69, 9.17) is 0 Å². The molecule has 0 radical (unpaired) electrons. The molecule has 1 aliphatic heterocycles. The van der Waals surface area contributed by atoms with Gasteiger partial charge in [-0.15, -0.1) is 0 Å². The van der Waals surface area contributed by atoms with Crippen molar-refractivity contribution in [1.82, 2.24) is 29.8 Å². The quantitative estimate of drug-likeness (QED) is 0.407. The van der Waals surface area contributed by atoms with E-state index in [2.05, 4.69) is 35.6 Å². The Bertz CT molecular complexity index is 1200. The van der Waals surface area contributed by atoms with Gasteiger partial charge in [-0.2, -0.15) is 9.97 Å². The highest BCUT2D eigenvalue weighted by Gasteiger charge is 2.19. The number of rotatable bonds is 7. The van der Waals surface area contributed by atoms with Gasteiger partial charge in [0, 0.05) is 43.3 Å². The molecular weight excluding hydrogens is 380 g/mol. The molecule has 0 aliphatic carbocycles. The fraction of sp³-hybridized carbons (Fsp3) is 0.286. The number of aromatic nitrogens is 5. The van der Waals surface area contributed by atoms with Gasteiger partial charge in [-0.1, -0.05) is 6.07 Å². The summed E-state index contributed by atoms with van der Waals surface area (Å²) in [5.41, 5.74) is 3.17. The third-order valence-corrected chi connectivity index (χ3v) is 5.21. The Balaban J connectivity index is 1.31. The van der Waals surface area contributed by atoms with Crippen molar-refractivity contribution in [2.45, 2.75) is 19.3 Å². The SMILES string of the molecule is O=C1CCCN1CCCNc1nc(Nc2ccc3ncccc3c2)nc2nc[nH]c12. The van der Waals surface area contributed by atoms with Gasteiger partial charge in [-0.25, -0.2) is 4.98 Å². The van der Waals surface area contributed by atoms with Gasteiger partial charge in [0.2, 0.25) is 11.9 Å². The van der Waals surface area contributed by atoms with Crippen molar-refractivity contribution in [1.29, 1.82) is 0 Å². The predicted molar refractivity (Wildman–Crippen MR) is 116 cm³/mol. The second-order valence-electron chi connectivity index (χ2n) is 7.30. The van der Waals surface area contributed by atoms with Crippen molar-refractivity contribution in [3.63, 3.8) is 0 Å². The minimum atomic E-state index is 0.255. The molecule has 9 heteroatoms. The molecular formula is C21H22N8O. The van der Waals surface area contributed by atoms with E-state index >= 15 is 0 Å². The standard InChI is InChI=1S/C21H22N8O/c30-17-5-2-10-29(17)11-3-9-23-19-18-20(25-13-24-18)28-21(27-19)26-15-6-7-16-14(12-15)4-1-8-22-16/h1,4,6-8,12-13H,2-3,5,9-11H2,(H3,23,24,25,26,27,28). The lowest BCUT2D eigenvalue weighted by Gasteiger charge is -2.15. The minimum Gasteiger partial charge on any atom is -0.368 e. The van der Waals surface area contributed by atoms with Gasteiger partial charge < -0.3 is 20.5 Å². The first-order valence-corrected chi connectivity index (χ1v) is 10.1. The topological polar surface area (TPSA) is 112 Å². The number of anilines is 3. The summed E-state index contributed by atoms with van der Waals surface area (Å²) in [7, 11) is 0. The highest BCUT2D eigenvalue weighted by atomic mass is 16.2. The van der Waals surface area contributed by atoms with Crippen molar-refractivity contribution < 1.29 is 4.79 Å². The van der Waals surface area contributed by atoms with E-state index in [0.717, 1.165) is 48.0 Å². The van der Waals surface area contributed by atoms with Crippen LogP contribution in [0.25, 0.3) is 22.1 Å². The summed E-state index contributed by atoms with van der Waals surface area (Å²) < 4.78 is 0. The summed E-state index contributed by atoms with van der Waals surface area (Å²) in [6, 6.07) is 9.86. The first-order chi connectivity index (χ1) is 14.8. The van der Waals surface area contributed by atoms with Gasteiger partial charge in [-0.05, 0) is 37.1 Å². The zero-order valence-corrected chi connectivity index (χ0v) is 16.4. The number of pyridine rings is 1. The molecule has 0 atom stereocenters. The molecule has 9 nitrogen and oxygen atoms in total. The highest BCUT2D eigenvalue weighted by molar-refractivity contribution is 5.85. The van der Waals surface area contributed by atoms with Gasteiger partial charge in [0.25, 0.3) is 0 Å². The van der Waals surface area contributed by atoms with Crippen LogP contribution < -0.4 is 10.6 Å². The molecule has 1 fully saturated rings. The molecule has 152 valence electrons. The number of H-pyrrole nitrogens is 1. The van der Waals surface area contributed by atoms with Crippen LogP contribution in [0.15, 0.2) is 42.9 Å². The maximum atomic E-state index is 11.7. The maximum absolute atomic E-state index is 11.7. The van der Waals surface area contributed by atoms with E-state index in [9.17, 15) is 4.79 Å². The maximum Gasteiger partial charge on any atom is 0.231 e. The second kappa shape index (κ2) is 7.94. The van der Waals surface area contributed by atoms with E-state index in [1.165, 1.54) is 0 Å². The lowest BCUT2D eigenvalue weighted by molar-refractivity contribution is -0.127. The van der Waals surface area contributed by atoms with Crippen LogP contribution in [-0.4, -0.2) is 55.4 Å². The average molecular weight is 402 g/mol. The van der Waals surface area contributed by atoms with Crippen LogP contribution in [-0.2, 0) is 4.79 Å². The van der Waals surface area contributed by atoms with E-state index < -0.39 is 0 Å². The third-order valence-electron chi connectivity index (χ3n) is 5.21. The fourth-order valence-corrected chi connectivity index (χ4v) is 3.72. The smallest absolute Gasteiger partial charge is 0.231 e. The Morgan fingerprint density at radius 3 is 3.03 bits per heavy atom. The number of benzene rings is 1. The zero-order chi connectivity index (χ0) is 20.3. The van der Waals surface area contributed by atoms with Gasteiger partial charge in [0.15, 0.2) is 11.5 Å². The van der Waals surface area contributed by atoms with Crippen LogP contribution >= 0.6 is 0 Å². The van der Waals surface area contributed by atoms with Gasteiger partial charge >= 0.3 is 0 Å². The molecule has 4 heterocycles. The minimum absolute atomic E-state index is 0.255. The molecule has 0 bridgehead atoms. The summed E-state index contributed by atoms with van der Waals surface area (Å²) in [6.45, 7) is 2.34. The average Bonchev–Trinajstić information content (AvgIpc) is 3.40. The molecule has 1 amide bonds. The Labute approximate surface area is 173 Å². The predicted octanol–water partition coefficient (Wildman–Crippen LogP) is 3.07. The number of carbonyl (C=O) groups excluding carboxylic acids is 1. The van der Waals surface area contributed by atoms with Crippen LogP contribution in [0.5, 0.6) is 0 Å². The fourth-order valence-electron chi connectivity index (χ4n) is 3.72. The molecule has 4 aromatic rings. The molecule has 3 aromatic heterocycles. The molecule has 1 aromatic carbocycles. The molecule has 0 saturated carbocycles. The monoisotopic (exact) mass is 402 g/mol. The molecule has 0 spiro atoms. The van der Waals surface area contributed by atoms with E-state index in [1.807, 2.05) is 35.2 Å². The van der Waals surface area contributed by atoms with Crippen molar-refractivity contribution in [3.05, 3.63) is 42.9 Å². The number of nitrogens with one attached hydrogen (secondary N) is 3. The number of amides is 1. The summed E-state index contributed by atoms with van der Waals surface area (Å²) in [4.78, 5) is 34.5. The van der Waals surface area contributed by atoms with Crippen LogP contribution in [0, 0.1) is 0 Å². The first-order valence-electron chi connectivity index (χ1n) is 10.1. The molecule has 1 aliphatic rings. The molecule has 0 unspecified atom stereocenters. The molecule has 1 saturated heterocycles. The molecule has 5 rings (SSSR count). The van der Waals surface area contributed by atoms with Crippen molar-refractivity contribution in [3.8, 4) is 0 Å². The van der Waals surface area contributed by atoms with Crippen LogP contribution in [0.1, 0.15) is 19.3 Å². The van der Waals surface area contributed by atoms with E-state index in [0.29, 0.717) is 30.4 Å². The highest BCUT2D eigenvalue weighted by Crippen LogP contribution is 2.23. The number of nitrogens with zero attached hydrogens (tertiary/aromatic N) is 5. The van der Waals surface area contributed by atoms with Gasteiger partial charge in [0.1, 0.15) is 5.52 Å². The number of fused-ring (bicyclic) bond motifs is 2. The molecule has 3 N–H and O–H groups in total. The number of aromatic amines is 1. The summed E-state index contributed by atoms with van der Waals surface area (Å²) in [5, 5.41) is 7.66. The number of imidazole rings is 1. The van der Waals surface area contributed by atoms with Crippen LogP contribution in [0.3, 0.4) is 0 Å². The van der Waals surface area contributed by atoms with Crippen molar-refractivity contribution in [2.75, 3.05) is 30.3 Å². The largest absolute Gasteiger partial charge is 0.368 e. The number of hydrogen-bond donors (Lipinski definition) is 3. The Hall–Kier alpha value is -3.75. The summed E-state index contributed by atoms with van der Waals surface area (Å²) in [6.07, 6.45) is 5.88. The van der Waals surface area contributed by atoms with Crippen LogP contribution in [0.4, 0.5) is 17.5 Å². The Morgan fingerprint density at radius 1 is 1.17 bits per heavy atom. The summed E-state index contributed by atoms with van der Waals surface area (Å²) >= 11 is 0. The van der Waals surface area contributed by atoms with E-state index in [1.54, 1.807) is 12.5 Å². The third kappa shape index (κ3) is 3.73. The van der Waals surface area contributed by atoms with Crippen molar-refractivity contribution >= 4 is 45.4 Å². The second-order valence-corrected chi connectivity index (χ2v) is 7.30.